The molecule has 0 spiro atoms. The Bertz CT molecular complexity index is 524. The predicted molar refractivity (Wildman–Crippen MR) is 86.3 cm³/mol. The maximum absolute atomic E-state index is 12.5. The number of hydrogen-bond acceptors (Lipinski definition) is 3. The van der Waals surface area contributed by atoms with E-state index in [9.17, 15) is 8.78 Å². The highest BCUT2D eigenvalue weighted by Crippen LogP contribution is 2.34. The molecule has 1 atom stereocenters. The first-order valence-electron chi connectivity index (χ1n) is 7.83. The van der Waals surface area contributed by atoms with Crippen molar-refractivity contribution in [2.24, 2.45) is 5.16 Å². The highest BCUT2D eigenvalue weighted by Gasteiger charge is 2.42. The van der Waals surface area contributed by atoms with Gasteiger partial charge in [-0.05, 0) is 12.1 Å². The quantitative estimate of drug-likeness (QED) is 0.672. The SMILES string of the molecule is CC[Si](CC)(CC)C1CC(c2ccccc2OC(F)F)=NO1. The smallest absolute Gasteiger partial charge is 0.387 e. The topological polar surface area (TPSA) is 30.8 Å². The van der Waals surface area contributed by atoms with E-state index in [1.807, 2.05) is 0 Å². The molecular weight excluding hydrogens is 304 g/mol. The van der Waals surface area contributed by atoms with Gasteiger partial charge in [-0.15, -0.1) is 0 Å². The summed E-state index contributed by atoms with van der Waals surface area (Å²) in [6.45, 7) is 3.81. The van der Waals surface area contributed by atoms with Crippen LogP contribution >= 0.6 is 0 Å². The average Bonchev–Trinajstić information content (AvgIpc) is 3.00. The van der Waals surface area contributed by atoms with Crippen LogP contribution in [0.1, 0.15) is 32.8 Å². The van der Waals surface area contributed by atoms with Crippen molar-refractivity contribution in [2.75, 3.05) is 0 Å². The molecule has 0 saturated carbocycles. The number of nitrogens with zero attached hydrogens (tertiary/aromatic N) is 1. The van der Waals surface area contributed by atoms with Crippen molar-refractivity contribution >= 4 is 13.8 Å². The summed E-state index contributed by atoms with van der Waals surface area (Å²) >= 11 is 0. The van der Waals surface area contributed by atoms with E-state index in [1.54, 1.807) is 24.3 Å². The summed E-state index contributed by atoms with van der Waals surface area (Å²) in [5.41, 5.74) is 1.45. The number of hydrogen-bond donors (Lipinski definition) is 0. The molecule has 1 aromatic rings. The van der Waals surface area contributed by atoms with Crippen LogP contribution < -0.4 is 4.74 Å². The minimum Gasteiger partial charge on any atom is -0.434 e. The molecule has 2 rings (SSSR count). The number of alkyl halides is 2. The summed E-state index contributed by atoms with van der Waals surface area (Å²) in [5, 5.41) is 4.19. The van der Waals surface area contributed by atoms with Crippen LogP contribution in [-0.2, 0) is 4.84 Å². The monoisotopic (exact) mass is 327 g/mol. The number of rotatable bonds is 7. The van der Waals surface area contributed by atoms with Gasteiger partial charge < -0.3 is 9.57 Å². The molecule has 0 aliphatic carbocycles. The lowest BCUT2D eigenvalue weighted by molar-refractivity contribution is -0.0499. The maximum atomic E-state index is 12.5. The van der Waals surface area contributed by atoms with Crippen molar-refractivity contribution in [2.45, 2.75) is 57.7 Å². The molecule has 0 bridgehead atoms. The molecule has 0 saturated heterocycles. The number of halogens is 2. The Balaban J connectivity index is 2.20. The molecule has 122 valence electrons. The first-order valence-corrected chi connectivity index (χ1v) is 10.5. The van der Waals surface area contributed by atoms with E-state index in [0.717, 1.165) is 18.1 Å². The molecule has 0 radical (unpaired) electrons. The van der Waals surface area contributed by atoms with Crippen LogP contribution in [0.25, 0.3) is 0 Å². The third kappa shape index (κ3) is 3.32. The Hall–Kier alpha value is -1.43. The molecule has 0 aromatic heterocycles. The molecule has 0 fully saturated rings. The van der Waals surface area contributed by atoms with Crippen molar-refractivity contribution in [3.05, 3.63) is 29.8 Å². The van der Waals surface area contributed by atoms with Crippen molar-refractivity contribution < 1.29 is 18.4 Å². The Morgan fingerprint density at radius 1 is 1.23 bits per heavy atom. The second kappa shape index (κ2) is 7.22. The summed E-state index contributed by atoms with van der Waals surface area (Å²) in [4.78, 5) is 5.72. The van der Waals surface area contributed by atoms with E-state index >= 15 is 0 Å². The van der Waals surface area contributed by atoms with Gasteiger partial charge in [0.05, 0.1) is 5.71 Å². The number of oxime groups is 1. The third-order valence-corrected chi connectivity index (χ3v) is 10.8. The minimum absolute atomic E-state index is 0.127. The first kappa shape index (κ1) is 16.9. The zero-order chi connectivity index (χ0) is 16.2. The Kier molecular flexibility index (Phi) is 5.56. The van der Waals surface area contributed by atoms with E-state index in [1.165, 1.54) is 0 Å². The summed E-state index contributed by atoms with van der Waals surface area (Å²) < 4.78 is 29.7. The molecule has 1 aromatic carbocycles. The molecule has 22 heavy (non-hydrogen) atoms. The van der Waals surface area contributed by atoms with Gasteiger partial charge in [0.15, 0.2) is 0 Å². The first-order chi connectivity index (χ1) is 10.6. The lowest BCUT2D eigenvalue weighted by atomic mass is 10.1. The third-order valence-electron chi connectivity index (χ3n) is 4.88. The van der Waals surface area contributed by atoms with Crippen LogP contribution in [0.4, 0.5) is 8.78 Å². The van der Waals surface area contributed by atoms with Gasteiger partial charge in [-0.25, -0.2) is 0 Å². The van der Waals surface area contributed by atoms with Crippen LogP contribution in [0.3, 0.4) is 0 Å². The van der Waals surface area contributed by atoms with Crippen LogP contribution in [-0.4, -0.2) is 26.1 Å². The Labute approximate surface area is 131 Å². The second-order valence-corrected chi connectivity index (χ2v) is 11.1. The fourth-order valence-electron chi connectivity index (χ4n) is 3.20. The van der Waals surface area contributed by atoms with Crippen molar-refractivity contribution in [3.8, 4) is 5.75 Å². The van der Waals surface area contributed by atoms with Gasteiger partial charge in [0.1, 0.15) is 19.6 Å². The Morgan fingerprint density at radius 3 is 2.45 bits per heavy atom. The largest absolute Gasteiger partial charge is 0.434 e. The van der Waals surface area contributed by atoms with Crippen LogP contribution in [0.5, 0.6) is 5.75 Å². The van der Waals surface area contributed by atoms with Gasteiger partial charge in [-0.1, -0.05) is 56.2 Å². The highest BCUT2D eigenvalue weighted by atomic mass is 28.3. The lowest BCUT2D eigenvalue weighted by Crippen LogP contribution is -2.46. The van der Waals surface area contributed by atoms with Crippen LogP contribution in [0, 0.1) is 0 Å². The standard InChI is InChI=1S/C16H23F2NO2Si/c1-4-22(5-2,6-3)15-11-13(19-21-15)12-9-7-8-10-14(12)20-16(17)18/h7-10,15-16H,4-6,11H2,1-3H3. The molecule has 1 aliphatic rings. The van der Waals surface area contributed by atoms with Gasteiger partial charge in [0.25, 0.3) is 0 Å². The van der Waals surface area contributed by atoms with Gasteiger partial charge >= 0.3 is 6.61 Å². The second-order valence-electron chi connectivity index (χ2n) is 5.63. The van der Waals surface area contributed by atoms with Gasteiger partial charge in [0.2, 0.25) is 0 Å². The fraction of sp³-hybridized carbons (Fsp3) is 0.562. The van der Waals surface area contributed by atoms with Crippen molar-refractivity contribution in [1.29, 1.82) is 0 Å². The Morgan fingerprint density at radius 2 is 1.86 bits per heavy atom. The van der Waals surface area contributed by atoms with Crippen molar-refractivity contribution in [1.82, 2.24) is 0 Å². The molecule has 0 N–H and O–H groups in total. The maximum Gasteiger partial charge on any atom is 0.387 e. The van der Waals surface area contributed by atoms with E-state index in [0.29, 0.717) is 17.7 Å². The average molecular weight is 327 g/mol. The summed E-state index contributed by atoms with van der Waals surface area (Å²) in [7, 11) is -1.53. The minimum atomic E-state index is -2.84. The molecule has 1 heterocycles. The van der Waals surface area contributed by atoms with E-state index in [-0.39, 0.29) is 11.5 Å². The summed E-state index contributed by atoms with van der Waals surface area (Å²) in [5.74, 6) is 0.164. The normalized spacial score (nSPS) is 18.3. The highest BCUT2D eigenvalue weighted by molar-refractivity contribution is 6.81. The molecule has 1 aliphatic heterocycles. The van der Waals surface area contributed by atoms with Gasteiger partial charge in [0, 0.05) is 12.0 Å². The summed E-state index contributed by atoms with van der Waals surface area (Å²) in [6.07, 6.45) is 0.686. The molecule has 0 amide bonds. The van der Waals surface area contributed by atoms with E-state index in [4.69, 9.17) is 4.84 Å². The number of benzene rings is 1. The fourth-order valence-corrected chi connectivity index (χ4v) is 6.97. The molecule has 1 unspecified atom stereocenters. The van der Waals surface area contributed by atoms with Crippen LogP contribution in [0.2, 0.25) is 18.1 Å². The van der Waals surface area contributed by atoms with Gasteiger partial charge in [-0.2, -0.15) is 8.78 Å². The van der Waals surface area contributed by atoms with E-state index in [2.05, 4.69) is 30.7 Å². The predicted octanol–water partition coefficient (Wildman–Crippen LogP) is 4.83. The lowest BCUT2D eigenvalue weighted by Gasteiger charge is -2.32. The number of para-hydroxylation sites is 1. The van der Waals surface area contributed by atoms with Crippen molar-refractivity contribution in [3.63, 3.8) is 0 Å². The molecule has 3 nitrogen and oxygen atoms in total. The zero-order valence-corrected chi connectivity index (χ0v) is 14.3. The van der Waals surface area contributed by atoms with Crippen LogP contribution in [0.15, 0.2) is 29.4 Å². The van der Waals surface area contributed by atoms with Gasteiger partial charge in [-0.3, -0.25) is 0 Å². The summed E-state index contributed by atoms with van der Waals surface area (Å²) in [6, 6.07) is 10.2. The zero-order valence-electron chi connectivity index (χ0n) is 13.3. The molecular formula is C16H23F2NO2Si. The van der Waals surface area contributed by atoms with E-state index < -0.39 is 14.7 Å². The molecule has 6 heteroatoms. The number of ether oxygens (including phenoxy) is 1.